The van der Waals surface area contributed by atoms with Gasteiger partial charge in [0.25, 0.3) is 0 Å². The number of unbranched alkanes of at least 4 members (excludes halogenated alkanes) is 15. The van der Waals surface area contributed by atoms with Crippen LogP contribution < -0.4 is 0 Å². The van der Waals surface area contributed by atoms with Crippen LogP contribution in [0.15, 0.2) is 36.4 Å². The van der Waals surface area contributed by atoms with E-state index >= 15 is 0 Å². The third-order valence-corrected chi connectivity index (χ3v) is 7.87. The van der Waals surface area contributed by atoms with Gasteiger partial charge in [0.15, 0.2) is 0 Å². The van der Waals surface area contributed by atoms with E-state index in [0.717, 1.165) is 0 Å². The minimum atomic E-state index is 1.21. The van der Waals surface area contributed by atoms with Gasteiger partial charge in [0.05, 0.1) is 5.52 Å². The summed E-state index contributed by atoms with van der Waals surface area (Å²) >= 11 is 2.43. The average molecular weight is 546 g/mol. The van der Waals surface area contributed by atoms with Crippen LogP contribution in [0.2, 0.25) is 0 Å². The standard InChI is InChI=1S/C30H44IN/c1-2-3-4-5-6-7-8-9-10-11-12-13-14-15-16-17-19-25-22-23-29-27(24-25)26-20-18-21-28(31)30(26)32-29/h18,20-24,32H,2-17,19H2,1H3. The summed E-state index contributed by atoms with van der Waals surface area (Å²) in [5.74, 6) is 0. The van der Waals surface area contributed by atoms with Crippen LogP contribution in [0.4, 0.5) is 0 Å². The third-order valence-electron chi connectivity index (χ3n) is 6.97. The van der Waals surface area contributed by atoms with Gasteiger partial charge in [-0.25, -0.2) is 0 Å². The van der Waals surface area contributed by atoms with E-state index in [9.17, 15) is 0 Å². The van der Waals surface area contributed by atoms with Crippen molar-refractivity contribution in [1.82, 2.24) is 4.98 Å². The third kappa shape index (κ3) is 8.39. The van der Waals surface area contributed by atoms with Crippen LogP contribution in [0, 0.1) is 3.57 Å². The molecule has 1 heterocycles. The van der Waals surface area contributed by atoms with Crippen LogP contribution in [-0.4, -0.2) is 4.98 Å². The quantitative estimate of drug-likeness (QED) is 0.128. The van der Waals surface area contributed by atoms with E-state index in [1.165, 1.54) is 140 Å². The molecule has 0 atom stereocenters. The van der Waals surface area contributed by atoms with Crippen LogP contribution >= 0.6 is 22.6 Å². The molecule has 2 aromatic carbocycles. The molecule has 3 rings (SSSR count). The SMILES string of the molecule is CCCCCCCCCCCCCCCCCCc1ccc2[nH]c3c(I)cccc3c2c1. The van der Waals surface area contributed by atoms with Gasteiger partial charge in [0.1, 0.15) is 0 Å². The molecule has 0 aliphatic carbocycles. The van der Waals surface area contributed by atoms with Crippen LogP contribution in [-0.2, 0) is 6.42 Å². The lowest BCUT2D eigenvalue weighted by Crippen LogP contribution is -1.87. The molecule has 0 radical (unpaired) electrons. The fourth-order valence-electron chi connectivity index (χ4n) is 4.97. The Bertz CT molecular complexity index is 910. The maximum absolute atomic E-state index is 3.59. The summed E-state index contributed by atoms with van der Waals surface area (Å²) in [4.78, 5) is 3.59. The largest absolute Gasteiger partial charge is 0.354 e. The Hall–Kier alpha value is -1.03. The van der Waals surface area contributed by atoms with Crippen molar-refractivity contribution in [3.05, 3.63) is 45.5 Å². The maximum Gasteiger partial charge on any atom is 0.0600 e. The molecule has 0 saturated carbocycles. The topological polar surface area (TPSA) is 15.8 Å². The predicted molar refractivity (Wildman–Crippen MR) is 152 cm³/mol. The van der Waals surface area contributed by atoms with Crippen LogP contribution in [0.5, 0.6) is 0 Å². The number of para-hydroxylation sites is 1. The number of nitrogens with one attached hydrogen (secondary N) is 1. The molecule has 0 unspecified atom stereocenters. The van der Waals surface area contributed by atoms with Gasteiger partial charge in [0, 0.05) is 19.9 Å². The zero-order valence-corrected chi connectivity index (χ0v) is 22.5. The van der Waals surface area contributed by atoms with Crippen LogP contribution in [0.3, 0.4) is 0 Å². The first-order chi connectivity index (χ1) is 15.8. The summed E-state index contributed by atoms with van der Waals surface area (Å²) in [6, 6.07) is 13.6. The first-order valence-electron chi connectivity index (χ1n) is 13.5. The number of aryl methyl sites for hydroxylation is 1. The van der Waals surface area contributed by atoms with E-state index in [1.807, 2.05) is 0 Å². The van der Waals surface area contributed by atoms with Crippen molar-refractivity contribution in [1.29, 1.82) is 0 Å². The monoisotopic (exact) mass is 545 g/mol. The molecule has 1 aromatic heterocycles. The Morgan fingerprint density at radius 1 is 0.625 bits per heavy atom. The van der Waals surface area contributed by atoms with Crippen molar-refractivity contribution in [3.8, 4) is 0 Å². The molecule has 0 amide bonds. The normalized spacial score (nSPS) is 11.7. The molecule has 0 saturated heterocycles. The number of fused-ring (bicyclic) bond motifs is 3. The molecule has 0 spiro atoms. The van der Waals surface area contributed by atoms with Crippen molar-refractivity contribution in [2.24, 2.45) is 0 Å². The molecule has 176 valence electrons. The maximum atomic E-state index is 3.59. The van der Waals surface area contributed by atoms with Gasteiger partial charge in [0.2, 0.25) is 0 Å². The number of rotatable bonds is 17. The Labute approximate surface area is 210 Å². The molecule has 1 nitrogen and oxygen atoms in total. The summed E-state index contributed by atoms with van der Waals surface area (Å²) in [7, 11) is 0. The molecule has 0 aliphatic rings. The van der Waals surface area contributed by atoms with E-state index in [0.29, 0.717) is 0 Å². The first-order valence-corrected chi connectivity index (χ1v) is 14.6. The predicted octanol–water partition coefficient (Wildman–Crippen LogP) is 10.7. The Balaban J connectivity index is 1.20. The van der Waals surface area contributed by atoms with Gasteiger partial charge in [-0.15, -0.1) is 0 Å². The average Bonchev–Trinajstić information content (AvgIpc) is 3.18. The number of hydrogen-bond acceptors (Lipinski definition) is 0. The Kier molecular flexibility index (Phi) is 12.0. The van der Waals surface area contributed by atoms with Crippen LogP contribution in [0.25, 0.3) is 21.8 Å². The minimum Gasteiger partial charge on any atom is -0.354 e. The van der Waals surface area contributed by atoms with E-state index in [2.05, 4.69) is 70.9 Å². The number of aromatic nitrogens is 1. The number of benzene rings is 2. The molecule has 1 N–H and O–H groups in total. The lowest BCUT2D eigenvalue weighted by molar-refractivity contribution is 0.529. The second-order valence-corrected chi connectivity index (χ2v) is 10.9. The van der Waals surface area contributed by atoms with Crippen molar-refractivity contribution >= 4 is 44.4 Å². The van der Waals surface area contributed by atoms with Crippen molar-refractivity contribution in [2.45, 2.75) is 116 Å². The molecular formula is C30H44IN. The summed E-state index contributed by atoms with van der Waals surface area (Å²) in [5.41, 5.74) is 4.03. The zero-order valence-electron chi connectivity index (χ0n) is 20.4. The van der Waals surface area contributed by atoms with Gasteiger partial charge in [-0.05, 0) is 59.2 Å². The first kappa shape index (κ1) is 25.6. The van der Waals surface area contributed by atoms with Crippen molar-refractivity contribution in [3.63, 3.8) is 0 Å². The number of H-pyrrole nitrogens is 1. The molecule has 0 aliphatic heterocycles. The summed E-state index contributed by atoms with van der Waals surface area (Å²) in [6.07, 6.45) is 24.1. The summed E-state index contributed by atoms with van der Waals surface area (Å²) < 4.78 is 1.30. The lowest BCUT2D eigenvalue weighted by atomic mass is 10.0. The van der Waals surface area contributed by atoms with Crippen LogP contribution in [0.1, 0.15) is 115 Å². The molecule has 32 heavy (non-hydrogen) atoms. The molecule has 3 aromatic rings. The van der Waals surface area contributed by atoms with Gasteiger partial charge >= 0.3 is 0 Å². The molecule has 0 bridgehead atoms. The number of aromatic amines is 1. The highest BCUT2D eigenvalue weighted by molar-refractivity contribution is 14.1. The molecular weight excluding hydrogens is 501 g/mol. The van der Waals surface area contributed by atoms with E-state index in [-0.39, 0.29) is 0 Å². The van der Waals surface area contributed by atoms with E-state index < -0.39 is 0 Å². The van der Waals surface area contributed by atoms with E-state index in [4.69, 9.17) is 0 Å². The van der Waals surface area contributed by atoms with Gasteiger partial charge in [-0.1, -0.05) is 121 Å². The Morgan fingerprint density at radius 3 is 1.78 bits per heavy atom. The van der Waals surface area contributed by atoms with E-state index in [1.54, 1.807) is 0 Å². The highest BCUT2D eigenvalue weighted by Crippen LogP contribution is 2.29. The van der Waals surface area contributed by atoms with Gasteiger partial charge < -0.3 is 4.98 Å². The smallest absolute Gasteiger partial charge is 0.0600 e. The van der Waals surface area contributed by atoms with Gasteiger partial charge in [-0.2, -0.15) is 0 Å². The second-order valence-electron chi connectivity index (χ2n) is 9.72. The summed E-state index contributed by atoms with van der Waals surface area (Å²) in [6.45, 7) is 2.30. The highest BCUT2D eigenvalue weighted by Gasteiger charge is 2.07. The van der Waals surface area contributed by atoms with Crippen molar-refractivity contribution < 1.29 is 0 Å². The van der Waals surface area contributed by atoms with Crippen molar-refractivity contribution in [2.75, 3.05) is 0 Å². The second kappa shape index (κ2) is 15.0. The fourth-order valence-corrected chi connectivity index (χ4v) is 5.60. The highest BCUT2D eigenvalue weighted by atomic mass is 127. The zero-order chi connectivity index (χ0) is 22.4. The fraction of sp³-hybridized carbons (Fsp3) is 0.600. The number of halogens is 1. The lowest BCUT2D eigenvalue weighted by Gasteiger charge is -2.04. The number of hydrogen-bond donors (Lipinski definition) is 1. The summed E-state index contributed by atoms with van der Waals surface area (Å²) in [5, 5.41) is 2.74. The Morgan fingerprint density at radius 2 is 1.19 bits per heavy atom. The van der Waals surface area contributed by atoms with Gasteiger partial charge in [-0.3, -0.25) is 0 Å². The molecule has 0 fully saturated rings. The minimum absolute atomic E-state index is 1.21. The molecule has 2 heteroatoms.